The zero-order valence-corrected chi connectivity index (χ0v) is 22.5. The molecule has 2 saturated heterocycles. The van der Waals surface area contributed by atoms with Gasteiger partial charge in [-0.3, -0.25) is 18.9 Å². The van der Waals surface area contributed by atoms with E-state index in [1.807, 2.05) is 30.3 Å². The van der Waals surface area contributed by atoms with E-state index in [4.69, 9.17) is 33.2 Å². The van der Waals surface area contributed by atoms with Crippen LogP contribution in [0.25, 0.3) is 11.7 Å². The van der Waals surface area contributed by atoms with E-state index in [0.717, 1.165) is 18.8 Å². The number of thioether (sulfide) groups is 1. The fraction of sp³-hybridized carbons (Fsp3) is 0.185. The fourth-order valence-electron chi connectivity index (χ4n) is 4.63. The van der Waals surface area contributed by atoms with Crippen LogP contribution in [0.1, 0.15) is 11.3 Å². The van der Waals surface area contributed by atoms with Gasteiger partial charge in [-0.2, -0.15) is 0 Å². The summed E-state index contributed by atoms with van der Waals surface area (Å²) in [6.07, 6.45) is 4.88. The summed E-state index contributed by atoms with van der Waals surface area (Å²) >= 11 is 12.9. The molecule has 1 aromatic carbocycles. The molecule has 0 bridgehead atoms. The molecule has 8 nitrogen and oxygen atoms in total. The number of hydrogen-bond acceptors (Lipinski definition) is 8. The van der Waals surface area contributed by atoms with Gasteiger partial charge in [-0.05, 0) is 48.5 Å². The van der Waals surface area contributed by atoms with Crippen LogP contribution in [0.3, 0.4) is 0 Å². The molecular formula is C27H22ClN5O3S2. The molecule has 2 aliphatic rings. The van der Waals surface area contributed by atoms with E-state index in [9.17, 15) is 9.59 Å². The van der Waals surface area contributed by atoms with Crippen LogP contribution >= 0.6 is 35.6 Å². The van der Waals surface area contributed by atoms with E-state index in [1.54, 1.807) is 42.8 Å². The second-order valence-corrected chi connectivity index (χ2v) is 11.0. The van der Waals surface area contributed by atoms with E-state index < -0.39 is 0 Å². The van der Waals surface area contributed by atoms with Crippen molar-refractivity contribution in [3.63, 3.8) is 0 Å². The number of carbonyl (C=O) groups excluding carboxylic acids is 1. The van der Waals surface area contributed by atoms with Gasteiger partial charge in [0.15, 0.2) is 0 Å². The molecule has 192 valence electrons. The summed E-state index contributed by atoms with van der Waals surface area (Å²) in [5.41, 5.74) is 1.74. The van der Waals surface area contributed by atoms with Gasteiger partial charge >= 0.3 is 0 Å². The number of rotatable bonds is 5. The summed E-state index contributed by atoms with van der Waals surface area (Å²) < 4.78 is 7.32. The van der Waals surface area contributed by atoms with Crippen molar-refractivity contribution in [3.05, 3.63) is 98.7 Å². The first-order valence-electron chi connectivity index (χ1n) is 12.0. The van der Waals surface area contributed by atoms with Crippen molar-refractivity contribution in [2.45, 2.75) is 6.54 Å². The fourth-order valence-corrected chi connectivity index (χ4v) is 6.05. The number of furan rings is 1. The minimum absolute atomic E-state index is 0.237. The number of halogens is 1. The molecular weight excluding hydrogens is 542 g/mol. The van der Waals surface area contributed by atoms with Gasteiger partial charge in [0.1, 0.15) is 21.5 Å². The maximum absolute atomic E-state index is 13.7. The summed E-state index contributed by atoms with van der Waals surface area (Å²) in [7, 11) is 0. The maximum Gasteiger partial charge on any atom is 0.267 e. The van der Waals surface area contributed by atoms with Crippen molar-refractivity contribution in [2.75, 3.05) is 36.0 Å². The summed E-state index contributed by atoms with van der Waals surface area (Å²) in [6.45, 7) is 3.02. The first-order valence-corrected chi connectivity index (χ1v) is 13.6. The predicted molar refractivity (Wildman–Crippen MR) is 155 cm³/mol. The van der Waals surface area contributed by atoms with E-state index >= 15 is 0 Å². The third-order valence-electron chi connectivity index (χ3n) is 6.54. The number of benzene rings is 1. The Hall–Kier alpha value is -3.60. The Morgan fingerprint density at radius 2 is 1.84 bits per heavy atom. The minimum Gasteiger partial charge on any atom is -0.467 e. The van der Waals surface area contributed by atoms with Crippen LogP contribution in [0.15, 0.2) is 81.2 Å². The Morgan fingerprint density at radius 3 is 2.61 bits per heavy atom. The Kier molecular flexibility index (Phi) is 6.69. The Morgan fingerprint density at radius 1 is 1.03 bits per heavy atom. The number of fused-ring (bicyclic) bond motifs is 1. The van der Waals surface area contributed by atoms with Crippen LogP contribution < -0.4 is 15.4 Å². The topological polar surface area (TPSA) is 74.3 Å². The highest BCUT2D eigenvalue weighted by atomic mass is 35.5. The standard InChI is InChI=1S/C27H22ClN5O3S2/c28-18-5-3-6-19(15-18)30-10-12-31(13-11-30)24-21(25(34)32-9-2-1-8-23(32)29-24)16-22-26(35)33(27(37)38-22)17-20-7-4-14-36-20/h1-9,14-16H,10-13,17H2/b22-16+. The van der Waals surface area contributed by atoms with E-state index in [2.05, 4.69) is 9.80 Å². The summed E-state index contributed by atoms with van der Waals surface area (Å²) in [5.74, 6) is 0.933. The molecule has 2 aliphatic heterocycles. The third-order valence-corrected chi connectivity index (χ3v) is 8.16. The lowest BCUT2D eigenvalue weighted by Gasteiger charge is -2.37. The summed E-state index contributed by atoms with van der Waals surface area (Å²) in [5, 5.41) is 0.695. The average Bonchev–Trinajstić information content (AvgIpc) is 3.54. The van der Waals surface area contributed by atoms with Crippen molar-refractivity contribution in [1.29, 1.82) is 0 Å². The van der Waals surface area contributed by atoms with Crippen LogP contribution in [0, 0.1) is 0 Å². The smallest absolute Gasteiger partial charge is 0.267 e. The number of aromatic nitrogens is 2. The van der Waals surface area contributed by atoms with Crippen LogP contribution in [-0.4, -0.2) is 50.7 Å². The lowest BCUT2D eigenvalue weighted by Crippen LogP contribution is -2.47. The zero-order valence-electron chi connectivity index (χ0n) is 20.1. The van der Waals surface area contributed by atoms with Crippen LogP contribution in [0.5, 0.6) is 0 Å². The molecule has 0 unspecified atom stereocenters. The lowest BCUT2D eigenvalue weighted by molar-refractivity contribution is -0.122. The Bertz CT molecular complexity index is 1630. The van der Waals surface area contributed by atoms with Gasteiger partial charge in [-0.1, -0.05) is 47.7 Å². The van der Waals surface area contributed by atoms with Crippen molar-refractivity contribution in [3.8, 4) is 0 Å². The van der Waals surface area contributed by atoms with Gasteiger partial charge < -0.3 is 14.2 Å². The molecule has 0 radical (unpaired) electrons. The number of pyridine rings is 1. The highest BCUT2D eigenvalue weighted by Gasteiger charge is 2.34. The molecule has 0 spiro atoms. The quantitative estimate of drug-likeness (QED) is 0.256. The molecule has 0 N–H and O–H groups in total. The van der Waals surface area contributed by atoms with Gasteiger partial charge in [0.2, 0.25) is 0 Å². The first kappa shape index (κ1) is 24.7. The highest BCUT2D eigenvalue weighted by molar-refractivity contribution is 8.26. The summed E-state index contributed by atoms with van der Waals surface area (Å²) in [4.78, 5) is 38.0. The number of hydrogen-bond donors (Lipinski definition) is 0. The van der Waals surface area contributed by atoms with Crippen molar-refractivity contribution in [2.24, 2.45) is 0 Å². The lowest BCUT2D eigenvalue weighted by atomic mass is 10.2. The number of anilines is 2. The monoisotopic (exact) mass is 563 g/mol. The van der Waals surface area contributed by atoms with E-state index in [0.29, 0.717) is 50.1 Å². The van der Waals surface area contributed by atoms with Crippen molar-refractivity contribution < 1.29 is 9.21 Å². The number of carbonyl (C=O) groups is 1. The summed E-state index contributed by atoms with van der Waals surface area (Å²) in [6, 6.07) is 16.8. The minimum atomic E-state index is -0.259. The van der Waals surface area contributed by atoms with Crippen LogP contribution in [0.2, 0.25) is 5.02 Å². The maximum atomic E-state index is 13.7. The molecule has 11 heteroatoms. The molecule has 0 atom stereocenters. The van der Waals surface area contributed by atoms with Crippen molar-refractivity contribution in [1.82, 2.24) is 14.3 Å². The molecule has 3 aromatic heterocycles. The second kappa shape index (κ2) is 10.3. The normalized spacial score (nSPS) is 17.3. The average molecular weight is 564 g/mol. The molecule has 0 aliphatic carbocycles. The van der Waals surface area contributed by atoms with Crippen LogP contribution in [0.4, 0.5) is 11.5 Å². The van der Waals surface area contributed by atoms with E-state index in [1.165, 1.54) is 21.1 Å². The SMILES string of the molecule is O=C1/C(=C\c2c(N3CCN(c4cccc(Cl)c4)CC3)nc3ccccn3c2=O)SC(=S)N1Cc1ccco1. The second-order valence-electron chi connectivity index (χ2n) is 8.88. The molecule has 0 saturated carbocycles. The van der Waals surface area contributed by atoms with Gasteiger partial charge in [-0.25, -0.2) is 4.98 Å². The van der Waals surface area contributed by atoms with E-state index in [-0.39, 0.29) is 18.0 Å². The highest BCUT2D eigenvalue weighted by Crippen LogP contribution is 2.35. The zero-order chi connectivity index (χ0) is 26.2. The van der Waals surface area contributed by atoms with Gasteiger partial charge in [-0.15, -0.1) is 0 Å². The van der Waals surface area contributed by atoms with Gasteiger partial charge in [0, 0.05) is 43.1 Å². The molecule has 2 fully saturated rings. The molecule has 38 heavy (non-hydrogen) atoms. The Balaban J connectivity index is 1.34. The molecule has 1 amide bonds. The van der Waals surface area contributed by atoms with Gasteiger partial charge in [0.05, 0.1) is 23.3 Å². The van der Waals surface area contributed by atoms with Gasteiger partial charge in [0.25, 0.3) is 11.5 Å². The number of amides is 1. The largest absolute Gasteiger partial charge is 0.467 e. The number of piperazine rings is 1. The predicted octanol–water partition coefficient (Wildman–Crippen LogP) is 4.67. The molecule has 4 aromatic rings. The Labute approximate surface area is 233 Å². The first-order chi connectivity index (χ1) is 18.5. The third kappa shape index (κ3) is 4.70. The number of thiocarbonyl (C=S) groups is 1. The molecule has 6 rings (SSSR count). The van der Waals surface area contributed by atoms with Crippen LogP contribution in [-0.2, 0) is 11.3 Å². The van der Waals surface area contributed by atoms with Crippen molar-refractivity contribution >= 4 is 69.0 Å². The number of nitrogens with zero attached hydrogens (tertiary/aromatic N) is 5. The molecule has 5 heterocycles.